The van der Waals surface area contributed by atoms with Gasteiger partial charge in [-0.25, -0.2) is 4.79 Å². The standard InChI is InChI=1S/C22H25NO6/c1-5-6-7-17(21(25)26)23-18(24)9-16-12(3)15-8-14-11(2)10-28-19(14)13(4)20(15)29-22(16)27/h8,10,17H,5-7,9H2,1-4H3,(H,23,24)(H,25,26)/p-1/t17-/m0/s1. The Bertz CT molecular complexity index is 1150. The van der Waals surface area contributed by atoms with Crippen molar-refractivity contribution in [2.24, 2.45) is 0 Å². The number of furan rings is 1. The molecule has 0 aliphatic carbocycles. The lowest BCUT2D eigenvalue weighted by atomic mass is 9.99. The highest BCUT2D eigenvalue weighted by Gasteiger charge is 2.20. The number of carboxylic acid groups (broad SMARTS) is 1. The quantitative estimate of drug-likeness (QED) is 0.612. The van der Waals surface area contributed by atoms with Gasteiger partial charge in [-0.1, -0.05) is 19.8 Å². The first-order valence-corrected chi connectivity index (χ1v) is 9.68. The molecule has 0 fully saturated rings. The van der Waals surface area contributed by atoms with Gasteiger partial charge in [-0.3, -0.25) is 4.79 Å². The zero-order valence-electron chi connectivity index (χ0n) is 17.0. The van der Waals surface area contributed by atoms with Crippen LogP contribution in [-0.2, 0) is 16.0 Å². The number of carbonyl (C=O) groups excluding carboxylic acids is 2. The second-order valence-corrected chi connectivity index (χ2v) is 7.42. The van der Waals surface area contributed by atoms with Crippen molar-refractivity contribution in [1.29, 1.82) is 0 Å². The number of carboxylic acids is 1. The van der Waals surface area contributed by atoms with Gasteiger partial charge in [-0.2, -0.15) is 0 Å². The number of aliphatic carboxylic acids is 1. The van der Waals surface area contributed by atoms with Crippen LogP contribution in [0.5, 0.6) is 0 Å². The number of benzene rings is 1. The Morgan fingerprint density at radius 2 is 1.86 bits per heavy atom. The van der Waals surface area contributed by atoms with Crippen molar-refractivity contribution in [3.05, 3.63) is 45.0 Å². The molecular weight excluding hydrogens is 374 g/mol. The van der Waals surface area contributed by atoms with Gasteiger partial charge in [0.1, 0.15) is 11.2 Å². The van der Waals surface area contributed by atoms with Crippen molar-refractivity contribution in [3.63, 3.8) is 0 Å². The molecule has 1 N–H and O–H groups in total. The van der Waals surface area contributed by atoms with E-state index in [2.05, 4.69) is 5.32 Å². The Hall–Kier alpha value is -3.09. The smallest absolute Gasteiger partial charge is 0.340 e. The molecule has 0 unspecified atom stereocenters. The van der Waals surface area contributed by atoms with Crippen LogP contribution in [-0.4, -0.2) is 17.9 Å². The van der Waals surface area contributed by atoms with Crippen LogP contribution in [0.25, 0.3) is 21.9 Å². The molecule has 29 heavy (non-hydrogen) atoms. The van der Waals surface area contributed by atoms with Crippen molar-refractivity contribution < 1.29 is 23.5 Å². The minimum Gasteiger partial charge on any atom is -0.548 e. The third kappa shape index (κ3) is 3.90. The molecule has 2 heterocycles. The predicted octanol–water partition coefficient (Wildman–Crippen LogP) is 2.43. The molecule has 2 aromatic heterocycles. The molecule has 1 amide bonds. The first kappa shape index (κ1) is 20.6. The molecule has 0 spiro atoms. The number of hydrogen-bond donors (Lipinski definition) is 1. The van der Waals surface area contributed by atoms with E-state index in [0.717, 1.165) is 28.3 Å². The van der Waals surface area contributed by atoms with Gasteiger partial charge in [0.15, 0.2) is 0 Å². The maximum absolute atomic E-state index is 12.6. The monoisotopic (exact) mass is 398 g/mol. The van der Waals surface area contributed by atoms with Gasteiger partial charge in [-0.15, -0.1) is 0 Å². The summed E-state index contributed by atoms with van der Waals surface area (Å²) >= 11 is 0. The maximum Gasteiger partial charge on any atom is 0.340 e. The summed E-state index contributed by atoms with van der Waals surface area (Å²) in [5.41, 5.74) is 3.00. The van der Waals surface area contributed by atoms with Gasteiger partial charge in [0.2, 0.25) is 5.91 Å². The van der Waals surface area contributed by atoms with Crippen molar-refractivity contribution in [2.75, 3.05) is 0 Å². The van der Waals surface area contributed by atoms with E-state index < -0.39 is 23.5 Å². The molecule has 7 heteroatoms. The van der Waals surface area contributed by atoms with E-state index in [1.165, 1.54) is 0 Å². The second-order valence-electron chi connectivity index (χ2n) is 7.42. The van der Waals surface area contributed by atoms with Gasteiger partial charge >= 0.3 is 5.63 Å². The fourth-order valence-electron chi connectivity index (χ4n) is 3.59. The summed E-state index contributed by atoms with van der Waals surface area (Å²) in [6.45, 7) is 7.44. The van der Waals surface area contributed by atoms with Crippen molar-refractivity contribution in [1.82, 2.24) is 5.32 Å². The van der Waals surface area contributed by atoms with E-state index >= 15 is 0 Å². The largest absolute Gasteiger partial charge is 0.548 e. The third-order valence-corrected chi connectivity index (χ3v) is 5.34. The predicted molar refractivity (Wildman–Crippen MR) is 107 cm³/mol. The first-order valence-electron chi connectivity index (χ1n) is 9.68. The highest BCUT2D eigenvalue weighted by molar-refractivity contribution is 6.00. The number of aryl methyl sites for hydroxylation is 3. The summed E-state index contributed by atoms with van der Waals surface area (Å²) in [5, 5.41) is 15.3. The minimum absolute atomic E-state index is 0.211. The average Bonchev–Trinajstić information content (AvgIpc) is 3.04. The maximum atomic E-state index is 12.6. The molecule has 0 bridgehead atoms. The number of nitrogens with one attached hydrogen (secondary N) is 1. The third-order valence-electron chi connectivity index (χ3n) is 5.34. The summed E-state index contributed by atoms with van der Waals surface area (Å²) in [4.78, 5) is 36.2. The molecule has 3 rings (SSSR count). The Kier molecular flexibility index (Phi) is 5.77. The lowest BCUT2D eigenvalue weighted by Gasteiger charge is -2.19. The van der Waals surface area contributed by atoms with E-state index in [1.54, 1.807) is 13.2 Å². The highest BCUT2D eigenvalue weighted by Crippen LogP contribution is 2.32. The molecule has 154 valence electrons. The number of rotatable bonds is 7. The highest BCUT2D eigenvalue weighted by atomic mass is 16.4. The summed E-state index contributed by atoms with van der Waals surface area (Å²) in [7, 11) is 0. The molecule has 0 aliphatic rings. The summed E-state index contributed by atoms with van der Waals surface area (Å²) < 4.78 is 11.1. The number of amides is 1. The average molecular weight is 398 g/mol. The summed E-state index contributed by atoms with van der Waals surface area (Å²) in [6.07, 6.45) is 3.12. The molecule has 0 saturated carbocycles. The fraction of sp³-hybridized carbons (Fsp3) is 0.409. The molecule has 7 nitrogen and oxygen atoms in total. The molecule has 3 aromatic rings. The van der Waals surface area contributed by atoms with Crippen LogP contribution in [0.3, 0.4) is 0 Å². The van der Waals surface area contributed by atoms with E-state index in [-0.39, 0.29) is 18.4 Å². The van der Waals surface area contributed by atoms with Crippen molar-refractivity contribution in [3.8, 4) is 0 Å². The van der Waals surface area contributed by atoms with E-state index in [0.29, 0.717) is 23.2 Å². The second kappa shape index (κ2) is 8.11. The Morgan fingerprint density at radius 1 is 1.14 bits per heavy atom. The zero-order chi connectivity index (χ0) is 21.3. The summed E-state index contributed by atoms with van der Waals surface area (Å²) in [5.74, 6) is -1.88. The number of carbonyl (C=O) groups is 2. The molecule has 1 aromatic carbocycles. The topological polar surface area (TPSA) is 113 Å². The van der Waals surface area contributed by atoms with Crippen molar-refractivity contribution >= 4 is 33.8 Å². The molecular formula is C22H24NO6-. The molecule has 0 aliphatic heterocycles. The number of fused-ring (bicyclic) bond motifs is 2. The van der Waals surface area contributed by atoms with Crippen LogP contribution < -0.4 is 16.0 Å². The Labute approximate surface area is 167 Å². The van der Waals surface area contributed by atoms with E-state index in [4.69, 9.17) is 8.83 Å². The molecule has 1 atom stereocenters. The van der Waals surface area contributed by atoms with E-state index in [1.807, 2.05) is 26.8 Å². The fourth-order valence-corrected chi connectivity index (χ4v) is 3.59. The summed E-state index contributed by atoms with van der Waals surface area (Å²) in [6, 6.07) is 0.812. The minimum atomic E-state index is -1.33. The van der Waals surface area contributed by atoms with Gasteiger partial charge in [0, 0.05) is 16.3 Å². The lowest BCUT2D eigenvalue weighted by molar-refractivity contribution is -0.308. The Morgan fingerprint density at radius 3 is 2.52 bits per heavy atom. The van der Waals surface area contributed by atoms with Crippen molar-refractivity contribution in [2.45, 2.75) is 59.4 Å². The van der Waals surface area contributed by atoms with Crippen LogP contribution >= 0.6 is 0 Å². The van der Waals surface area contributed by atoms with Gasteiger partial charge in [0.05, 0.1) is 30.3 Å². The molecule has 0 radical (unpaired) electrons. The van der Waals surface area contributed by atoms with Crippen LogP contribution in [0.1, 0.15) is 48.4 Å². The van der Waals surface area contributed by atoms with E-state index in [9.17, 15) is 19.5 Å². The lowest BCUT2D eigenvalue weighted by Crippen LogP contribution is -2.48. The molecule has 0 saturated heterocycles. The van der Waals surface area contributed by atoms with Gasteiger partial charge in [0.25, 0.3) is 0 Å². The number of hydrogen-bond acceptors (Lipinski definition) is 6. The van der Waals surface area contributed by atoms with Crippen LogP contribution in [0.4, 0.5) is 0 Å². The normalized spacial score (nSPS) is 12.4. The Balaban J connectivity index is 1.98. The van der Waals surface area contributed by atoms with Gasteiger partial charge < -0.3 is 24.1 Å². The number of unbranched alkanes of at least 4 members (excludes halogenated alkanes) is 1. The van der Waals surface area contributed by atoms with Gasteiger partial charge in [-0.05, 0) is 44.4 Å². The van der Waals surface area contributed by atoms with Crippen LogP contribution in [0.15, 0.2) is 26.0 Å². The first-order chi connectivity index (χ1) is 13.7. The van der Waals surface area contributed by atoms with Crippen LogP contribution in [0, 0.1) is 20.8 Å². The SMILES string of the molecule is CCCC[C@H](NC(=O)Cc1c(C)c2cc3c(C)coc3c(C)c2oc1=O)C(=O)[O-]. The zero-order valence-corrected chi connectivity index (χ0v) is 17.0. The van der Waals surface area contributed by atoms with Crippen LogP contribution in [0.2, 0.25) is 0 Å².